The van der Waals surface area contributed by atoms with Crippen molar-refractivity contribution in [3.05, 3.63) is 143 Å². The minimum atomic E-state index is -0.290. The first-order valence-electron chi connectivity index (χ1n) is 14.1. The van der Waals surface area contributed by atoms with Crippen molar-refractivity contribution in [2.75, 3.05) is 5.32 Å². The Morgan fingerprint density at radius 2 is 0.974 bits per heavy atom. The van der Waals surface area contributed by atoms with E-state index >= 15 is 0 Å². The average Bonchev–Trinajstić information content (AvgIpc) is 3.45. The predicted octanol–water partition coefficient (Wildman–Crippen LogP) is 9.82. The Morgan fingerprint density at radius 1 is 0.474 bits per heavy atom. The van der Waals surface area contributed by atoms with Crippen LogP contribution in [0.5, 0.6) is 0 Å². The van der Waals surface area contributed by atoms with Crippen LogP contribution in [0.3, 0.4) is 0 Å². The Balaban J connectivity index is 1.25. The molecule has 0 unspecified atom stereocenters. The van der Waals surface area contributed by atoms with Gasteiger partial charge in [-0.1, -0.05) is 110 Å². The Hall–Kier alpha value is -4.10. The molecule has 1 heteroatoms. The van der Waals surface area contributed by atoms with Crippen LogP contribution in [-0.2, 0) is 5.41 Å². The summed E-state index contributed by atoms with van der Waals surface area (Å²) < 4.78 is 0. The van der Waals surface area contributed by atoms with Gasteiger partial charge < -0.3 is 5.32 Å². The fraction of sp³-hybridized carbons (Fsp3) is 0.189. The van der Waals surface area contributed by atoms with Gasteiger partial charge in [0.2, 0.25) is 0 Å². The van der Waals surface area contributed by atoms with Gasteiger partial charge in [0.05, 0.1) is 5.41 Å². The van der Waals surface area contributed by atoms with Crippen LogP contribution in [0, 0.1) is 0 Å². The third-order valence-electron chi connectivity index (χ3n) is 9.27. The lowest BCUT2D eigenvalue weighted by Crippen LogP contribution is -2.25. The molecule has 184 valence electrons. The van der Waals surface area contributed by atoms with Gasteiger partial charge in [-0.3, -0.25) is 0 Å². The summed E-state index contributed by atoms with van der Waals surface area (Å²) in [6.07, 6.45) is 6.81. The van der Waals surface area contributed by atoms with Crippen LogP contribution in [0.15, 0.2) is 115 Å². The van der Waals surface area contributed by atoms with Crippen LogP contribution >= 0.6 is 0 Å². The SMILES string of the molecule is c1ccc2c(c1)-c1ccccc1C21c2ccccc2-c2ccc(Nc3ccc(C4CCCCC4)cc3)cc21. The van der Waals surface area contributed by atoms with E-state index in [9.17, 15) is 0 Å². The standard InChI is InChI=1S/C37H31N/c1-2-10-25(11-3-1)26-18-20-27(21-19-26)38-28-22-23-32-31-14-6-9-17-35(31)37(36(32)24-28)33-15-7-4-12-29(33)30-13-5-8-16-34(30)37/h4-9,12-25,38H,1-3,10-11H2. The van der Waals surface area contributed by atoms with Crippen molar-refractivity contribution in [3.8, 4) is 22.3 Å². The van der Waals surface area contributed by atoms with Crippen molar-refractivity contribution in [3.63, 3.8) is 0 Å². The lowest BCUT2D eigenvalue weighted by Gasteiger charge is -2.30. The van der Waals surface area contributed by atoms with Crippen molar-refractivity contribution < 1.29 is 0 Å². The molecule has 0 bridgehead atoms. The highest BCUT2D eigenvalue weighted by atomic mass is 14.9. The normalized spacial score (nSPS) is 16.5. The van der Waals surface area contributed by atoms with Gasteiger partial charge in [0.1, 0.15) is 0 Å². The Kier molecular flexibility index (Phi) is 4.88. The molecule has 3 aliphatic carbocycles. The molecule has 0 saturated heterocycles. The minimum Gasteiger partial charge on any atom is -0.356 e. The Bertz CT molecular complexity index is 1610. The van der Waals surface area contributed by atoms with Crippen LogP contribution in [0.2, 0.25) is 0 Å². The van der Waals surface area contributed by atoms with Crippen molar-refractivity contribution in [2.24, 2.45) is 0 Å². The monoisotopic (exact) mass is 489 g/mol. The summed E-state index contributed by atoms with van der Waals surface area (Å²) in [5.74, 6) is 0.735. The number of fused-ring (bicyclic) bond motifs is 10. The van der Waals surface area contributed by atoms with Crippen molar-refractivity contribution >= 4 is 11.4 Å². The van der Waals surface area contributed by atoms with E-state index in [-0.39, 0.29) is 5.41 Å². The summed E-state index contributed by atoms with van der Waals surface area (Å²) in [6.45, 7) is 0. The maximum atomic E-state index is 3.74. The zero-order valence-electron chi connectivity index (χ0n) is 21.6. The molecular weight excluding hydrogens is 458 g/mol. The van der Waals surface area contributed by atoms with E-state index in [1.807, 2.05) is 0 Å². The molecule has 5 aromatic carbocycles. The highest BCUT2D eigenvalue weighted by molar-refractivity contribution is 5.95. The molecule has 1 spiro atoms. The average molecular weight is 490 g/mol. The molecule has 0 heterocycles. The molecule has 1 fully saturated rings. The number of hydrogen-bond acceptors (Lipinski definition) is 1. The predicted molar refractivity (Wildman–Crippen MR) is 158 cm³/mol. The fourth-order valence-corrected chi connectivity index (χ4v) is 7.61. The quantitative estimate of drug-likeness (QED) is 0.260. The molecule has 8 rings (SSSR count). The lowest BCUT2D eigenvalue weighted by atomic mass is 9.70. The molecule has 3 aliphatic rings. The first-order chi connectivity index (χ1) is 18.8. The van der Waals surface area contributed by atoms with Crippen molar-refractivity contribution in [1.82, 2.24) is 0 Å². The Labute approximate surface area is 225 Å². The largest absolute Gasteiger partial charge is 0.356 e. The summed E-state index contributed by atoms with van der Waals surface area (Å²) in [4.78, 5) is 0. The topological polar surface area (TPSA) is 12.0 Å². The molecule has 0 amide bonds. The summed E-state index contributed by atoms with van der Waals surface area (Å²) in [5, 5.41) is 3.74. The molecule has 1 nitrogen and oxygen atoms in total. The van der Waals surface area contributed by atoms with Crippen LogP contribution in [0.1, 0.15) is 65.8 Å². The molecule has 1 saturated carbocycles. The highest BCUT2D eigenvalue weighted by Crippen LogP contribution is 2.62. The van der Waals surface area contributed by atoms with Crippen LogP contribution in [0.25, 0.3) is 22.3 Å². The second-order valence-electron chi connectivity index (χ2n) is 11.2. The molecule has 0 atom stereocenters. The molecule has 1 N–H and O–H groups in total. The Morgan fingerprint density at radius 3 is 1.55 bits per heavy atom. The second kappa shape index (κ2) is 8.46. The fourth-order valence-electron chi connectivity index (χ4n) is 7.61. The van der Waals surface area contributed by atoms with Crippen molar-refractivity contribution in [1.29, 1.82) is 0 Å². The maximum Gasteiger partial charge on any atom is 0.0726 e. The highest BCUT2D eigenvalue weighted by Gasteiger charge is 2.51. The van der Waals surface area contributed by atoms with Gasteiger partial charge in [-0.05, 0) is 93.1 Å². The van der Waals surface area contributed by atoms with Gasteiger partial charge in [-0.2, -0.15) is 0 Å². The number of hydrogen-bond donors (Lipinski definition) is 1. The van der Waals surface area contributed by atoms with Gasteiger partial charge in [0, 0.05) is 11.4 Å². The van der Waals surface area contributed by atoms with Gasteiger partial charge in [0.15, 0.2) is 0 Å². The van der Waals surface area contributed by atoms with E-state index in [0.717, 1.165) is 17.3 Å². The van der Waals surface area contributed by atoms with E-state index in [0.29, 0.717) is 0 Å². The molecule has 0 radical (unpaired) electrons. The van der Waals surface area contributed by atoms with Crippen LogP contribution < -0.4 is 5.32 Å². The number of rotatable bonds is 3. The van der Waals surface area contributed by atoms with Gasteiger partial charge in [-0.25, -0.2) is 0 Å². The van der Waals surface area contributed by atoms with E-state index in [4.69, 9.17) is 0 Å². The van der Waals surface area contributed by atoms with Crippen molar-refractivity contribution in [2.45, 2.75) is 43.4 Å². The third kappa shape index (κ3) is 3.05. The maximum absolute atomic E-state index is 3.74. The van der Waals surface area contributed by atoms with Gasteiger partial charge in [-0.15, -0.1) is 0 Å². The van der Waals surface area contributed by atoms with E-state index in [1.54, 1.807) is 0 Å². The molecule has 0 aromatic heterocycles. The van der Waals surface area contributed by atoms with E-state index in [1.165, 1.54) is 82.2 Å². The van der Waals surface area contributed by atoms with Gasteiger partial charge >= 0.3 is 0 Å². The van der Waals surface area contributed by atoms with E-state index < -0.39 is 0 Å². The summed E-state index contributed by atoms with van der Waals surface area (Å²) in [7, 11) is 0. The molecule has 0 aliphatic heterocycles. The summed E-state index contributed by atoms with van der Waals surface area (Å²) in [5.41, 5.74) is 14.4. The first-order valence-corrected chi connectivity index (χ1v) is 14.1. The second-order valence-corrected chi connectivity index (χ2v) is 11.2. The number of nitrogens with one attached hydrogen (secondary N) is 1. The van der Waals surface area contributed by atoms with E-state index in [2.05, 4.69) is 121 Å². The third-order valence-corrected chi connectivity index (χ3v) is 9.27. The molecule has 38 heavy (non-hydrogen) atoms. The molecule has 5 aromatic rings. The van der Waals surface area contributed by atoms with Crippen LogP contribution in [-0.4, -0.2) is 0 Å². The zero-order valence-corrected chi connectivity index (χ0v) is 21.6. The lowest BCUT2D eigenvalue weighted by molar-refractivity contribution is 0.443. The first kappa shape index (κ1) is 21.9. The number of benzene rings is 5. The number of anilines is 2. The summed E-state index contributed by atoms with van der Waals surface area (Å²) in [6, 6.07) is 43.2. The molecular formula is C37H31N. The minimum absolute atomic E-state index is 0.290. The summed E-state index contributed by atoms with van der Waals surface area (Å²) >= 11 is 0. The zero-order chi connectivity index (χ0) is 25.1. The van der Waals surface area contributed by atoms with Crippen LogP contribution in [0.4, 0.5) is 11.4 Å². The smallest absolute Gasteiger partial charge is 0.0726 e. The van der Waals surface area contributed by atoms with Gasteiger partial charge in [0.25, 0.3) is 0 Å².